The average Bonchev–Trinajstić information content (AvgIpc) is 3.40. The minimum atomic E-state index is -0.323. The molecule has 0 N–H and O–H groups in total. The van der Waals surface area contributed by atoms with Crippen molar-refractivity contribution in [2.75, 3.05) is 26.3 Å². The molecule has 178 valence electrons. The van der Waals surface area contributed by atoms with Gasteiger partial charge in [-0.05, 0) is 25.3 Å². The summed E-state index contributed by atoms with van der Waals surface area (Å²) in [6.07, 6.45) is 0.829. The van der Waals surface area contributed by atoms with Gasteiger partial charge in [-0.2, -0.15) is 0 Å². The number of amides is 1. The van der Waals surface area contributed by atoms with Crippen molar-refractivity contribution in [3.05, 3.63) is 20.8 Å². The number of morpholine rings is 1. The quantitative estimate of drug-likeness (QED) is 0.507. The summed E-state index contributed by atoms with van der Waals surface area (Å²) in [5, 5.41) is 9.82. The Kier molecular flexibility index (Phi) is 6.23. The van der Waals surface area contributed by atoms with Crippen molar-refractivity contribution in [2.24, 2.45) is 5.92 Å². The summed E-state index contributed by atoms with van der Waals surface area (Å²) < 4.78 is 15.1. The van der Waals surface area contributed by atoms with Crippen molar-refractivity contribution in [1.29, 1.82) is 0 Å². The van der Waals surface area contributed by atoms with E-state index in [1.54, 1.807) is 15.9 Å². The lowest BCUT2D eigenvalue weighted by Gasteiger charge is -2.28. The van der Waals surface area contributed by atoms with Gasteiger partial charge in [-0.15, -0.1) is 21.5 Å². The molecule has 0 saturated carbocycles. The minimum absolute atomic E-state index is 0.0247. The minimum Gasteiger partial charge on any atom is -0.378 e. The van der Waals surface area contributed by atoms with Gasteiger partial charge in [0.15, 0.2) is 5.16 Å². The van der Waals surface area contributed by atoms with Crippen LogP contribution < -0.4 is 5.56 Å². The Bertz CT molecular complexity index is 1260. The molecule has 0 aliphatic carbocycles. The van der Waals surface area contributed by atoms with Crippen LogP contribution in [0.5, 0.6) is 0 Å². The summed E-state index contributed by atoms with van der Waals surface area (Å²) in [5.41, 5.74) is 1.07. The summed E-state index contributed by atoms with van der Waals surface area (Å²) in [5.74, 6) is 0.959. The second-order valence-electron chi connectivity index (χ2n) is 8.85. The van der Waals surface area contributed by atoms with E-state index in [4.69, 9.17) is 9.47 Å². The number of aromatic nitrogens is 4. The van der Waals surface area contributed by atoms with Gasteiger partial charge in [0.25, 0.3) is 5.56 Å². The van der Waals surface area contributed by atoms with Gasteiger partial charge in [0.2, 0.25) is 11.7 Å². The molecule has 2 aliphatic rings. The molecule has 9 nitrogen and oxygen atoms in total. The van der Waals surface area contributed by atoms with Crippen LogP contribution in [0.25, 0.3) is 16.0 Å². The molecule has 5 heterocycles. The molecule has 1 fully saturated rings. The largest absolute Gasteiger partial charge is 0.378 e. The Labute approximate surface area is 200 Å². The highest BCUT2D eigenvalue weighted by molar-refractivity contribution is 8.00. The summed E-state index contributed by atoms with van der Waals surface area (Å²) in [6.45, 7) is 11.5. The first kappa shape index (κ1) is 22.8. The molecular weight excluding hydrogens is 462 g/mol. The summed E-state index contributed by atoms with van der Waals surface area (Å²) >= 11 is 2.97. The Balaban J connectivity index is 1.59. The number of fused-ring (bicyclic) bond motifs is 5. The lowest BCUT2D eigenvalue weighted by Crippen LogP contribution is -2.44. The molecule has 2 aliphatic heterocycles. The fourth-order valence-electron chi connectivity index (χ4n) is 4.53. The lowest BCUT2D eigenvalue weighted by molar-refractivity contribution is -0.134. The third-order valence-corrected chi connectivity index (χ3v) is 8.66. The van der Waals surface area contributed by atoms with Crippen LogP contribution in [0.1, 0.15) is 38.1 Å². The fraction of sp³-hybridized carbons (Fsp3) is 0.636. The number of hydrogen-bond acceptors (Lipinski definition) is 8. The zero-order valence-electron chi connectivity index (χ0n) is 19.4. The van der Waals surface area contributed by atoms with Crippen LogP contribution in [0, 0.1) is 5.92 Å². The molecule has 1 amide bonds. The average molecular weight is 492 g/mol. The van der Waals surface area contributed by atoms with Crippen LogP contribution in [-0.2, 0) is 33.8 Å². The SMILES string of the molecule is CCn1c(=O)c2c3c(sc2n2c(SC(C)C(=O)N4CCOCC4)nnc12)COC(C(C)C)C3. The Morgan fingerprint density at radius 1 is 1.24 bits per heavy atom. The number of carbonyl (C=O) groups excluding carboxylic acids is 1. The first-order chi connectivity index (χ1) is 15.9. The number of thioether (sulfide) groups is 1. The van der Waals surface area contributed by atoms with E-state index < -0.39 is 0 Å². The fourth-order valence-corrected chi connectivity index (χ4v) is 6.76. The van der Waals surface area contributed by atoms with Crippen molar-refractivity contribution in [1.82, 2.24) is 24.1 Å². The van der Waals surface area contributed by atoms with E-state index in [1.165, 1.54) is 11.8 Å². The molecule has 0 spiro atoms. The highest BCUT2D eigenvalue weighted by atomic mass is 32.2. The van der Waals surface area contributed by atoms with Crippen LogP contribution in [0.2, 0.25) is 0 Å². The molecule has 33 heavy (non-hydrogen) atoms. The summed E-state index contributed by atoms with van der Waals surface area (Å²) in [6, 6.07) is 0. The molecule has 0 bridgehead atoms. The van der Waals surface area contributed by atoms with Crippen LogP contribution in [0.15, 0.2) is 9.95 Å². The maximum absolute atomic E-state index is 13.5. The third kappa shape index (κ3) is 3.88. The van der Waals surface area contributed by atoms with Gasteiger partial charge in [-0.1, -0.05) is 25.6 Å². The molecule has 3 aromatic heterocycles. The number of carbonyl (C=O) groups is 1. The molecule has 5 rings (SSSR count). The van der Waals surface area contributed by atoms with Crippen molar-refractivity contribution in [3.8, 4) is 0 Å². The van der Waals surface area contributed by atoms with Crippen molar-refractivity contribution in [3.63, 3.8) is 0 Å². The van der Waals surface area contributed by atoms with Gasteiger partial charge in [-0.25, -0.2) is 4.40 Å². The predicted octanol–water partition coefficient (Wildman–Crippen LogP) is 2.56. The zero-order chi connectivity index (χ0) is 23.3. The van der Waals surface area contributed by atoms with Gasteiger partial charge in [0.05, 0.1) is 36.6 Å². The number of nitrogens with zero attached hydrogens (tertiary/aromatic N) is 5. The van der Waals surface area contributed by atoms with Crippen molar-refractivity contribution < 1.29 is 14.3 Å². The summed E-state index contributed by atoms with van der Waals surface area (Å²) in [4.78, 5) is 30.3. The number of aryl methyl sites for hydroxylation is 1. The molecule has 2 unspecified atom stereocenters. The third-order valence-electron chi connectivity index (χ3n) is 6.44. The Morgan fingerprint density at radius 2 is 2.00 bits per heavy atom. The van der Waals surface area contributed by atoms with E-state index >= 15 is 0 Å². The smallest absolute Gasteiger partial charge is 0.263 e. The van der Waals surface area contributed by atoms with Crippen LogP contribution in [0.4, 0.5) is 0 Å². The zero-order valence-corrected chi connectivity index (χ0v) is 21.0. The number of ether oxygens (including phenoxy) is 2. The van der Waals surface area contributed by atoms with E-state index in [-0.39, 0.29) is 22.8 Å². The molecular formula is C22H29N5O4S2. The van der Waals surface area contributed by atoms with E-state index in [2.05, 4.69) is 24.0 Å². The molecule has 1 saturated heterocycles. The Hall–Kier alpha value is -1.95. The molecule has 0 aromatic carbocycles. The normalized spacial score (nSPS) is 20.0. The number of hydrogen-bond donors (Lipinski definition) is 0. The maximum Gasteiger partial charge on any atom is 0.263 e. The highest BCUT2D eigenvalue weighted by Gasteiger charge is 2.31. The maximum atomic E-state index is 13.5. The monoisotopic (exact) mass is 491 g/mol. The van der Waals surface area contributed by atoms with Crippen LogP contribution >= 0.6 is 23.1 Å². The Morgan fingerprint density at radius 3 is 2.70 bits per heavy atom. The number of rotatable bonds is 5. The van der Waals surface area contributed by atoms with Crippen molar-refractivity contribution in [2.45, 2.75) is 63.8 Å². The standard InChI is InChI=1S/C22H29N5O4S2/c1-5-26-19(29)17-14-10-15(12(2)3)31-11-16(14)33-20(17)27-21(26)23-24-22(27)32-13(4)18(28)25-6-8-30-9-7-25/h12-13,15H,5-11H2,1-4H3. The molecule has 0 radical (unpaired) electrons. The van der Waals surface area contributed by atoms with Crippen molar-refractivity contribution >= 4 is 45.0 Å². The van der Waals surface area contributed by atoms with E-state index in [0.717, 1.165) is 27.1 Å². The highest BCUT2D eigenvalue weighted by Crippen LogP contribution is 2.37. The van der Waals surface area contributed by atoms with Gasteiger partial charge in [0.1, 0.15) is 4.83 Å². The van der Waals surface area contributed by atoms with Crippen LogP contribution in [0.3, 0.4) is 0 Å². The second kappa shape index (κ2) is 9.01. The first-order valence-corrected chi connectivity index (χ1v) is 13.2. The lowest BCUT2D eigenvalue weighted by atomic mass is 9.96. The second-order valence-corrected chi connectivity index (χ2v) is 11.2. The summed E-state index contributed by atoms with van der Waals surface area (Å²) in [7, 11) is 0. The predicted molar refractivity (Wildman–Crippen MR) is 128 cm³/mol. The first-order valence-electron chi connectivity index (χ1n) is 11.5. The molecule has 11 heteroatoms. The van der Waals surface area contributed by atoms with E-state index in [9.17, 15) is 9.59 Å². The van der Waals surface area contributed by atoms with E-state index in [0.29, 0.717) is 56.3 Å². The van der Waals surface area contributed by atoms with E-state index in [1.807, 2.05) is 23.1 Å². The van der Waals surface area contributed by atoms with Gasteiger partial charge in [-0.3, -0.25) is 14.2 Å². The molecule has 2 atom stereocenters. The van der Waals surface area contributed by atoms with Gasteiger partial charge in [0, 0.05) is 30.9 Å². The molecule has 3 aromatic rings. The number of thiophene rings is 1. The van der Waals surface area contributed by atoms with Gasteiger partial charge >= 0.3 is 0 Å². The van der Waals surface area contributed by atoms with Crippen LogP contribution in [-0.4, -0.2) is 67.6 Å². The van der Waals surface area contributed by atoms with Gasteiger partial charge < -0.3 is 14.4 Å². The topological polar surface area (TPSA) is 91.0 Å².